The van der Waals surface area contributed by atoms with E-state index in [2.05, 4.69) is 27.4 Å². The van der Waals surface area contributed by atoms with Crippen LogP contribution in [0.4, 0.5) is 0 Å². The molecule has 1 amide bonds. The van der Waals surface area contributed by atoms with Gasteiger partial charge in [-0.25, -0.2) is 0 Å². The molecule has 1 aliphatic rings. The number of nitrogens with zero attached hydrogens (tertiary/aromatic N) is 2. The number of carbonyl (C=O) groups excluding carboxylic acids is 1. The SMILES string of the molecule is CCNC(=NCCNC(=O)c1ccc(Cl)cc1)N1CCCC1. The maximum atomic E-state index is 12.0. The fourth-order valence-electron chi connectivity index (χ4n) is 2.39. The van der Waals surface area contributed by atoms with Gasteiger partial charge < -0.3 is 15.5 Å². The van der Waals surface area contributed by atoms with Gasteiger partial charge in [0, 0.05) is 36.8 Å². The van der Waals surface area contributed by atoms with Crippen molar-refractivity contribution in [1.82, 2.24) is 15.5 Å². The highest BCUT2D eigenvalue weighted by molar-refractivity contribution is 6.30. The van der Waals surface area contributed by atoms with E-state index in [9.17, 15) is 4.79 Å². The number of rotatable bonds is 5. The number of likely N-dealkylation sites (tertiary alicyclic amines) is 1. The van der Waals surface area contributed by atoms with Gasteiger partial charge in [0.05, 0.1) is 6.54 Å². The van der Waals surface area contributed by atoms with Crippen LogP contribution in [0.5, 0.6) is 0 Å². The highest BCUT2D eigenvalue weighted by Crippen LogP contribution is 2.09. The molecule has 2 N–H and O–H groups in total. The molecule has 1 aliphatic heterocycles. The maximum absolute atomic E-state index is 12.0. The van der Waals surface area contributed by atoms with Crippen LogP contribution >= 0.6 is 11.6 Å². The first-order valence-electron chi connectivity index (χ1n) is 7.77. The summed E-state index contributed by atoms with van der Waals surface area (Å²) in [5, 5.41) is 6.80. The van der Waals surface area contributed by atoms with Gasteiger partial charge in [0.15, 0.2) is 5.96 Å². The number of guanidine groups is 1. The number of nitrogens with one attached hydrogen (secondary N) is 2. The fourth-order valence-corrected chi connectivity index (χ4v) is 2.52. The Morgan fingerprint density at radius 3 is 2.55 bits per heavy atom. The monoisotopic (exact) mass is 322 g/mol. The van der Waals surface area contributed by atoms with Gasteiger partial charge in [-0.3, -0.25) is 9.79 Å². The second kappa shape index (κ2) is 8.63. The normalized spacial score (nSPS) is 15.0. The van der Waals surface area contributed by atoms with Crippen LogP contribution in [-0.2, 0) is 0 Å². The van der Waals surface area contributed by atoms with Gasteiger partial charge in [-0.15, -0.1) is 0 Å². The Balaban J connectivity index is 1.79. The van der Waals surface area contributed by atoms with Gasteiger partial charge >= 0.3 is 0 Å². The Labute approximate surface area is 136 Å². The van der Waals surface area contributed by atoms with E-state index in [1.54, 1.807) is 24.3 Å². The molecule has 120 valence electrons. The minimum atomic E-state index is -0.0990. The average Bonchev–Trinajstić information content (AvgIpc) is 3.05. The second-order valence-corrected chi connectivity index (χ2v) is 5.63. The van der Waals surface area contributed by atoms with Crippen molar-refractivity contribution >= 4 is 23.5 Å². The summed E-state index contributed by atoms with van der Waals surface area (Å²) in [6.07, 6.45) is 2.44. The van der Waals surface area contributed by atoms with E-state index < -0.39 is 0 Å². The van der Waals surface area contributed by atoms with Crippen LogP contribution in [-0.4, -0.2) is 49.5 Å². The van der Waals surface area contributed by atoms with Crippen molar-refractivity contribution in [2.45, 2.75) is 19.8 Å². The topological polar surface area (TPSA) is 56.7 Å². The number of halogens is 1. The second-order valence-electron chi connectivity index (χ2n) is 5.19. The fraction of sp³-hybridized carbons (Fsp3) is 0.500. The largest absolute Gasteiger partial charge is 0.357 e. The smallest absolute Gasteiger partial charge is 0.251 e. The van der Waals surface area contributed by atoms with E-state index >= 15 is 0 Å². The summed E-state index contributed by atoms with van der Waals surface area (Å²) in [4.78, 5) is 18.8. The molecule has 22 heavy (non-hydrogen) atoms. The first-order chi connectivity index (χ1) is 10.7. The Kier molecular flexibility index (Phi) is 6.52. The van der Waals surface area contributed by atoms with Gasteiger partial charge in [-0.2, -0.15) is 0 Å². The van der Waals surface area contributed by atoms with Crippen molar-refractivity contribution in [3.63, 3.8) is 0 Å². The molecule has 2 rings (SSSR count). The molecule has 1 saturated heterocycles. The van der Waals surface area contributed by atoms with Gasteiger partial charge in [0.25, 0.3) is 5.91 Å². The summed E-state index contributed by atoms with van der Waals surface area (Å²) in [5.41, 5.74) is 0.611. The Morgan fingerprint density at radius 1 is 1.23 bits per heavy atom. The molecule has 1 aromatic carbocycles. The summed E-state index contributed by atoms with van der Waals surface area (Å²) in [6, 6.07) is 6.86. The summed E-state index contributed by atoms with van der Waals surface area (Å²) in [7, 11) is 0. The van der Waals surface area contributed by atoms with Crippen molar-refractivity contribution in [1.29, 1.82) is 0 Å². The van der Waals surface area contributed by atoms with Crippen LogP contribution in [0.15, 0.2) is 29.3 Å². The van der Waals surface area contributed by atoms with E-state index in [1.807, 2.05) is 0 Å². The molecule has 0 aromatic heterocycles. The van der Waals surface area contributed by atoms with Crippen LogP contribution in [0.1, 0.15) is 30.1 Å². The van der Waals surface area contributed by atoms with Crippen LogP contribution < -0.4 is 10.6 Å². The highest BCUT2D eigenvalue weighted by Gasteiger charge is 2.15. The van der Waals surface area contributed by atoms with Crippen molar-refractivity contribution in [3.8, 4) is 0 Å². The molecule has 0 bridgehead atoms. The van der Waals surface area contributed by atoms with Gasteiger partial charge in [0.2, 0.25) is 0 Å². The van der Waals surface area contributed by atoms with E-state index in [0.717, 1.165) is 25.6 Å². The number of benzene rings is 1. The first-order valence-corrected chi connectivity index (χ1v) is 8.15. The van der Waals surface area contributed by atoms with E-state index in [0.29, 0.717) is 23.7 Å². The molecule has 5 nitrogen and oxygen atoms in total. The standard InChI is InChI=1S/C16H23ClN4O/c1-2-18-16(21-11-3-4-12-21)20-10-9-19-15(22)13-5-7-14(17)8-6-13/h5-8H,2-4,9-12H2,1H3,(H,18,20)(H,19,22). The molecular formula is C16H23ClN4O. The minimum Gasteiger partial charge on any atom is -0.357 e. The Bertz CT molecular complexity index is 509. The maximum Gasteiger partial charge on any atom is 0.251 e. The van der Waals surface area contributed by atoms with Gasteiger partial charge in [-0.05, 0) is 44.0 Å². The van der Waals surface area contributed by atoms with Crippen LogP contribution in [0, 0.1) is 0 Å². The van der Waals surface area contributed by atoms with Crippen LogP contribution in [0.3, 0.4) is 0 Å². The quantitative estimate of drug-likeness (QED) is 0.496. The highest BCUT2D eigenvalue weighted by atomic mass is 35.5. The van der Waals surface area contributed by atoms with E-state index in [4.69, 9.17) is 11.6 Å². The molecule has 0 saturated carbocycles. The van der Waals surface area contributed by atoms with Crippen LogP contribution in [0.25, 0.3) is 0 Å². The third-order valence-electron chi connectivity index (χ3n) is 3.51. The summed E-state index contributed by atoms with van der Waals surface area (Å²) >= 11 is 5.81. The van der Waals surface area contributed by atoms with Crippen molar-refractivity contribution < 1.29 is 4.79 Å². The zero-order valence-electron chi connectivity index (χ0n) is 12.9. The first kappa shape index (κ1) is 16.6. The van der Waals surface area contributed by atoms with Gasteiger partial charge in [0.1, 0.15) is 0 Å². The van der Waals surface area contributed by atoms with Crippen LogP contribution in [0.2, 0.25) is 5.02 Å². The number of aliphatic imine (C=N–C) groups is 1. The van der Waals surface area contributed by atoms with E-state index in [1.165, 1.54) is 12.8 Å². The number of hydrogen-bond acceptors (Lipinski definition) is 2. The molecule has 6 heteroatoms. The molecule has 1 fully saturated rings. The summed E-state index contributed by atoms with van der Waals surface area (Å²) in [5.74, 6) is 0.846. The number of hydrogen-bond donors (Lipinski definition) is 2. The molecule has 0 spiro atoms. The van der Waals surface area contributed by atoms with Crippen molar-refractivity contribution in [3.05, 3.63) is 34.9 Å². The van der Waals surface area contributed by atoms with Gasteiger partial charge in [-0.1, -0.05) is 11.6 Å². The summed E-state index contributed by atoms with van der Waals surface area (Å²) in [6.45, 7) is 6.12. The minimum absolute atomic E-state index is 0.0990. The van der Waals surface area contributed by atoms with Crippen molar-refractivity contribution in [2.24, 2.45) is 4.99 Å². The lowest BCUT2D eigenvalue weighted by Gasteiger charge is -2.20. The Morgan fingerprint density at radius 2 is 1.91 bits per heavy atom. The third-order valence-corrected chi connectivity index (χ3v) is 3.76. The molecule has 0 unspecified atom stereocenters. The lowest BCUT2D eigenvalue weighted by Crippen LogP contribution is -2.40. The molecule has 0 aliphatic carbocycles. The molecule has 0 atom stereocenters. The molecule has 0 radical (unpaired) electrons. The zero-order chi connectivity index (χ0) is 15.8. The predicted octanol–water partition coefficient (Wildman–Crippen LogP) is 2.13. The third kappa shape index (κ3) is 4.91. The molecular weight excluding hydrogens is 300 g/mol. The molecule has 1 aromatic rings. The zero-order valence-corrected chi connectivity index (χ0v) is 13.7. The lowest BCUT2D eigenvalue weighted by atomic mass is 10.2. The predicted molar refractivity (Wildman–Crippen MR) is 90.6 cm³/mol. The molecule has 1 heterocycles. The van der Waals surface area contributed by atoms with E-state index in [-0.39, 0.29) is 5.91 Å². The number of carbonyl (C=O) groups is 1. The van der Waals surface area contributed by atoms with Crippen molar-refractivity contribution in [2.75, 3.05) is 32.7 Å². The lowest BCUT2D eigenvalue weighted by molar-refractivity contribution is 0.0955. The number of amides is 1. The Hall–Kier alpha value is -1.75. The summed E-state index contributed by atoms with van der Waals surface area (Å²) < 4.78 is 0. The average molecular weight is 323 g/mol.